The minimum atomic E-state index is 0.875. The monoisotopic (exact) mass is 561 g/mol. The molecule has 0 unspecified atom stereocenters. The van der Waals surface area contributed by atoms with Crippen molar-refractivity contribution in [1.82, 2.24) is 0 Å². The van der Waals surface area contributed by atoms with Crippen LogP contribution in [0.2, 0.25) is 0 Å². The van der Waals surface area contributed by atoms with Crippen LogP contribution in [0.3, 0.4) is 0 Å². The smallest absolute Gasteiger partial charge is 0.160 e. The second kappa shape index (κ2) is 9.86. The highest BCUT2D eigenvalue weighted by Gasteiger charge is 2.25. The summed E-state index contributed by atoms with van der Waals surface area (Å²) < 4.78 is 7.16. The molecule has 206 valence electrons. The molecule has 0 fully saturated rings. The molecule has 1 aromatic heterocycles. The van der Waals surface area contributed by atoms with Gasteiger partial charge in [-0.2, -0.15) is 0 Å². The summed E-state index contributed by atoms with van der Waals surface area (Å²) >= 11 is 0. The summed E-state index contributed by atoms with van der Waals surface area (Å²) in [4.78, 5) is 2.35. The van der Waals surface area contributed by atoms with E-state index in [9.17, 15) is 0 Å². The van der Waals surface area contributed by atoms with Crippen molar-refractivity contribution in [3.8, 4) is 11.1 Å². The first kappa shape index (κ1) is 24.7. The van der Waals surface area contributed by atoms with Gasteiger partial charge in [-0.3, -0.25) is 0 Å². The van der Waals surface area contributed by atoms with Crippen molar-refractivity contribution in [2.75, 3.05) is 4.90 Å². The van der Waals surface area contributed by atoms with Gasteiger partial charge in [0.15, 0.2) is 5.58 Å². The van der Waals surface area contributed by atoms with E-state index in [-0.39, 0.29) is 0 Å². The van der Waals surface area contributed by atoms with Crippen LogP contribution in [0.1, 0.15) is 0 Å². The van der Waals surface area contributed by atoms with Crippen molar-refractivity contribution in [2.24, 2.45) is 0 Å². The third kappa shape index (κ3) is 3.68. The zero-order valence-corrected chi connectivity index (χ0v) is 23.9. The Morgan fingerprint density at radius 2 is 0.955 bits per heavy atom. The second-order valence-electron chi connectivity index (χ2n) is 11.3. The van der Waals surface area contributed by atoms with Gasteiger partial charge in [0.2, 0.25) is 0 Å². The number of benzene rings is 8. The Morgan fingerprint density at radius 3 is 1.73 bits per heavy atom. The molecule has 0 spiro atoms. The number of nitrogens with zero attached hydrogens (tertiary/aromatic N) is 1. The number of furan rings is 1. The highest BCUT2D eigenvalue weighted by Crippen LogP contribution is 2.50. The summed E-state index contributed by atoms with van der Waals surface area (Å²) in [6, 6.07) is 58.2. The van der Waals surface area contributed by atoms with Gasteiger partial charge in [-0.1, -0.05) is 140 Å². The molecule has 2 nitrogen and oxygen atoms in total. The number of fused-ring (bicyclic) bond motifs is 9. The molecule has 44 heavy (non-hydrogen) atoms. The number of hydrogen-bond donors (Lipinski definition) is 0. The van der Waals surface area contributed by atoms with Gasteiger partial charge in [0.25, 0.3) is 0 Å². The van der Waals surface area contributed by atoms with E-state index in [0.717, 1.165) is 50.0 Å². The number of anilines is 3. The van der Waals surface area contributed by atoms with E-state index in [0.29, 0.717) is 0 Å². The van der Waals surface area contributed by atoms with Gasteiger partial charge < -0.3 is 9.32 Å². The van der Waals surface area contributed by atoms with Gasteiger partial charge in [0, 0.05) is 27.2 Å². The number of rotatable bonds is 4. The number of hydrogen-bond acceptors (Lipinski definition) is 2. The molecule has 0 N–H and O–H groups in total. The standard InChI is InChI=1S/C42H27NO/c1-3-14-29(15-4-1)32-26-27-38(43(30-18-5-2-6-19-30)37-25-13-17-28-16-7-8-20-31(28)37)42-39(32)40-35-23-11-9-21-33(35)34-22-10-12-24-36(34)41(40)44-42/h1-27H. The molecule has 0 saturated heterocycles. The van der Waals surface area contributed by atoms with Gasteiger partial charge in [-0.15, -0.1) is 0 Å². The summed E-state index contributed by atoms with van der Waals surface area (Å²) in [5.41, 5.74) is 7.32. The molecule has 0 radical (unpaired) electrons. The van der Waals surface area contributed by atoms with E-state index in [1.54, 1.807) is 0 Å². The van der Waals surface area contributed by atoms with E-state index < -0.39 is 0 Å². The molecule has 8 aromatic carbocycles. The first-order valence-electron chi connectivity index (χ1n) is 15.0. The molecule has 0 aliphatic heterocycles. The Morgan fingerprint density at radius 1 is 0.364 bits per heavy atom. The van der Waals surface area contributed by atoms with E-state index in [2.05, 4.69) is 169 Å². The molecule has 0 bridgehead atoms. The molecular formula is C42H27NO. The molecule has 1 heterocycles. The lowest BCUT2D eigenvalue weighted by molar-refractivity contribution is 0.673. The Kier molecular flexibility index (Phi) is 5.54. The van der Waals surface area contributed by atoms with Gasteiger partial charge in [0.1, 0.15) is 5.58 Å². The first-order valence-corrected chi connectivity index (χ1v) is 15.0. The van der Waals surface area contributed by atoms with E-state index in [1.807, 2.05) is 0 Å². The SMILES string of the molecule is c1ccc(-c2ccc(N(c3ccccc3)c3cccc4ccccc34)c3oc4c5ccccc5c5ccccc5c4c23)cc1. The maximum Gasteiger partial charge on any atom is 0.160 e. The molecule has 0 aliphatic carbocycles. The highest BCUT2D eigenvalue weighted by molar-refractivity contribution is 6.33. The van der Waals surface area contributed by atoms with E-state index in [4.69, 9.17) is 4.42 Å². The van der Waals surface area contributed by atoms with Crippen LogP contribution in [-0.4, -0.2) is 0 Å². The summed E-state index contributed by atoms with van der Waals surface area (Å²) in [5, 5.41) is 9.43. The maximum absolute atomic E-state index is 7.16. The van der Waals surface area contributed by atoms with Crippen LogP contribution in [-0.2, 0) is 0 Å². The topological polar surface area (TPSA) is 16.4 Å². The largest absolute Gasteiger partial charge is 0.453 e. The average molecular weight is 562 g/mol. The fourth-order valence-corrected chi connectivity index (χ4v) is 6.91. The van der Waals surface area contributed by atoms with E-state index in [1.165, 1.54) is 32.5 Å². The Labute approximate surface area is 255 Å². The lowest BCUT2D eigenvalue weighted by atomic mass is 9.93. The molecule has 9 rings (SSSR count). The summed E-state index contributed by atoms with van der Waals surface area (Å²) in [6.45, 7) is 0. The molecule has 0 aliphatic rings. The summed E-state index contributed by atoms with van der Waals surface area (Å²) in [7, 11) is 0. The maximum atomic E-state index is 7.16. The minimum Gasteiger partial charge on any atom is -0.453 e. The zero-order chi connectivity index (χ0) is 29.0. The normalized spacial score (nSPS) is 11.6. The number of para-hydroxylation sites is 1. The molecule has 0 atom stereocenters. The van der Waals surface area contributed by atoms with Crippen molar-refractivity contribution >= 4 is 71.3 Å². The highest BCUT2D eigenvalue weighted by atomic mass is 16.3. The van der Waals surface area contributed by atoms with Gasteiger partial charge in [-0.25, -0.2) is 0 Å². The summed E-state index contributed by atoms with van der Waals surface area (Å²) in [6.07, 6.45) is 0. The average Bonchev–Trinajstić information content (AvgIpc) is 3.51. The van der Waals surface area contributed by atoms with Crippen LogP contribution in [0.4, 0.5) is 17.1 Å². The van der Waals surface area contributed by atoms with Crippen LogP contribution in [0.5, 0.6) is 0 Å². The van der Waals surface area contributed by atoms with Crippen LogP contribution in [0, 0.1) is 0 Å². The molecule has 2 heteroatoms. The van der Waals surface area contributed by atoms with Crippen molar-refractivity contribution in [1.29, 1.82) is 0 Å². The van der Waals surface area contributed by atoms with Gasteiger partial charge >= 0.3 is 0 Å². The van der Waals surface area contributed by atoms with Crippen molar-refractivity contribution in [2.45, 2.75) is 0 Å². The lowest BCUT2D eigenvalue weighted by Crippen LogP contribution is -2.10. The van der Waals surface area contributed by atoms with Crippen LogP contribution in [0.25, 0.3) is 65.4 Å². The van der Waals surface area contributed by atoms with Crippen molar-refractivity contribution < 1.29 is 4.42 Å². The predicted molar refractivity (Wildman–Crippen MR) is 186 cm³/mol. The van der Waals surface area contributed by atoms with E-state index >= 15 is 0 Å². The third-order valence-electron chi connectivity index (χ3n) is 8.82. The fourth-order valence-electron chi connectivity index (χ4n) is 6.91. The first-order chi connectivity index (χ1) is 21.9. The minimum absolute atomic E-state index is 0.875. The Balaban J connectivity index is 1.49. The molecule has 0 saturated carbocycles. The second-order valence-corrected chi connectivity index (χ2v) is 11.3. The van der Waals surface area contributed by atoms with Crippen molar-refractivity contribution in [3.05, 3.63) is 164 Å². The third-order valence-corrected chi connectivity index (χ3v) is 8.82. The quantitative estimate of drug-likeness (QED) is 0.199. The molecular weight excluding hydrogens is 534 g/mol. The van der Waals surface area contributed by atoms with Crippen molar-refractivity contribution in [3.63, 3.8) is 0 Å². The predicted octanol–water partition coefficient (Wildman–Crippen LogP) is 12.2. The fraction of sp³-hybridized carbons (Fsp3) is 0. The molecule has 9 aromatic rings. The van der Waals surface area contributed by atoms with Gasteiger partial charge in [-0.05, 0) is 56.9 Å². The zero-order valence-electron chi connectivity index (χ0n) is 23.9. The summed E-state index contributed by atoms with van der Waals surface area (Å²) in [5.74, 6) is 0. The van der Waals surface area contributed by atoms with Crippen LogP contribution < -0.4 is 4.90 Å². The Hall–Kier alpha value is -5.86. The lowest BCUT2D eigenvalue weighted by Gasteiger charge is -2.27. The van der Waals surface area contributed by atoms with Crippen LogP contribution >= 0.6 is 0 Å². The Bertz CT molecular complexity index is 2490. The van der Waals surface area contributed by atoms with Crippen LogP contribution in [0.15, 0.2) is 168 Å². The van der Waals surface area contributed by atoms with Gasteiger partial charge in [0.05, 0.1) is 11.4 Å². The molecule has 0 amide bonds.